The predicted octanol–water partition coefficient (Wildman–Crippen LogP) is 3.32. The third-order valence-corrected chi connectivity index (χ3v) is 4.21. The number of aromatic carboxylic acids is 1. The zero-order valence-electron chi connectivity index (χ0n) is 8.92. The molecule has 17 heavy (non-hydrogen) atoms. The first-order valence-electron chi connectivity index (χ1n) is 4.94. The molecule has 0 aliphatic rings. The molecule has 0 spiro atoms. The molecule has 3 N–H and O–H groups in total. The van der Waals surface area contributed by atoms with Crippen molar-refractivity contribution in [3.8, 4) is 0 Å². The molecule has 0 fully saturated rings. The second-order valence-electron chi connectivity index (χ2n) is 3.44. The van der Waals surface area contributed by atoms with Gasteiger partial charge in [0, 0.05) is 21.7 Å². The molecule has 5 heteroatoms. The van der Waals surface area contributed by atoms with Crippen LogP contribution in [0.4, 0.5) is 5.69 Å². The van der Waals surface area contributed by atoms with Gasteiger partial charge in [-0.15, -0.1) is 11.8 Å². The van der Waals surface area contributed by atoms with Gasteiger partial charge in [-0.25, -0.2) is 4.79 Å². The summed E-state index contributed by atoms with van der Waals surface area (Å²) in [6, 6.07) is 7.58. The maximum Gasteiger partial charge on any atom is 0.336 e. The maximum atomic E-state index is 10.9. The Balaban J connectivity index is 2.10. The molecule has 0 atom stereocenters. The molecule has 0 saturated carbocycles. The van der Waals surface area contributed by atoms with Crippen LogP contribution >= 0.6 is 23.1 Å². The summed E-state index contributed by atoms with van der Waals surface area (Å²) in [5.41, 5.74) is 7.78. The third-order valence-electron chi connectivity index (χ3n) is 2.27. The summed E-state index contributed by atoms with van der Waals surface area (Å²) in [5, 5.41) is 12.5. The number of thioether (sulfide) groups is 1. The van der Waals surface area contributed by atoms with Gasteiger partial charge in [0.15, 0.2) is 0 Å². The average molecular weight is 265 g/mol. The molecule has 1 aromatic heterocycles. The molecule has 0 radical (unpaired) electrons. The largest absolute Gasteiger partial charge is 0.478 e. The fourth-order valence-electron chi connectivity index (χ4n) is 1.39. The number of carbonyl (C=O) groups is 1. The van der Waals surface area contributed by atoms with Crippen LogP contribution in [0, 0.1) is 0 Å². The van der Waals surface area contributed by atoms with Gasteiger partial charge in [-0.3, -0.25) is 0 Å². The maximum absolute atomic E-state index is 10.9. The molecule has 2 aromatic rings. The Labute approximate surface area is 107 Å². The first-order chi connectivity index (χ1) is 8.18. The number of thiophene rings is 1. The minimum absolute atomic E-state index is 0.386. The molecule has 2 rings (SSSR count). The normalized spacial score (nSPS) is 10.4. The number of anilines is 1. The van der Waals surface area contributed by atoms with E-state index in [0.717, 1.165) is 16.1 Å². The van der Waals surface area contributed by atoms with Gasteiger partial charge in [-0.05, 0) is 23.1 Å². The number of nitrogens with two attached hydrogens (primary N) is 1. The van der Waals surface area contributed by atoms with Crippen molar-refractivity contribution in [3.63, 3.8) is 0 Å². The minimum atomic E-state index is -0.872. The van der Waals surface area contributed by atoms with Crippen LogP contribution in [0.2, 0.25) is 0 Å². The van der Waals surface area contributed by atoms with Crippen LogP contribution in [-0.4, -0.2) is 11.1 Å². The molecular weight excluding hydrogens is 254 g/mol. The molecule has 0 saturated heterocycles. The van der Waals surface area contributed by atoms with Crippen LogP contribution in [0.5, 0.6) is 0 Å². The Morgan fingerprint density at radius 1 is 1.35 bits per heavy atom. The molecule has 0 unspecified atom stereocenters. The SMILES string of the molecule is Nc1ccccc1SCc1cscc1C(=O)O. The van der Waals surface area contributed by atoms with Crippen molar-refractivity contribution in [2.75, 3.05) is 5.73 Å². The second kappa shape index (κ2) is 5.25. The van der Waals surface area contributed by atoms with E-state index in [2.05, 4.69) is 0 Å². The fraction of sp³-hybridized carbons (Fsp3) is 0.0833. The highest BCUT2D eigenvalue weighted by Crippen LogP contribution is 2.29. The zero-order valence-corrected chi connectivity index (χ0v) is 10.6. The van der Waals surface area contributed by atoms with E-state index in [4.69, 9.17) is 10.8 Å². The van der Waals surface area contributed by atoms with E-state index in [-0.39, 0.29) is 0 Å². The quantitative estimate of drug-likeness (QED) is 0.657. The van der Waals surface area contributed by atoms with Crippen LogP contribution in [0.15, 0.2) is 39.9 Å². The Hall–Kier alpha value is -1.46. The number of benzene rings is 1. The summed E-state index contributed by atoms with van der Waals surface area (Å²) < 4.78 is 0. The lowest BCUT2D eigenvalue weighted by Crippen LogP contribution is -1.97. The second-order valence-corrected chi connectivity index (χ2v) is 5.20. The Bertz CT molecular complexity index is 537. The molecule has 88 valence electrons. The lowest BCUT2D eigenvalue weighted by atomic mass is 10.2. The van der Waals surface area contributed by atoms with Gasteiger partial charge in [-0.1, -0.05) is 12.1 Å². The standard InChI is InChI=1S/C12H11NO2S2/c13-10-3-1-2-4-11(10)17-6-8-5-16-7-9(8)12(14)15/h1-5,7H,6,13H2,(H,14,15). The molecule has 0 amide bonds. The summed E-state index contributed by atoms with van der Waals surface area (Å²) in [4.78, 5) is 11.9. The van der Waals surface area contributed by atoms with Gasteiger partial charge < -0.3 is 10.8 Å². The van der Waals surface area contributed by atoms with Crippen molar-refractivity contribution in [2.45, 2.75) is 10.6 Å². The van der Waals surface area contributed by atoms with E-state index >= 15 is 0 Å². The lowest BCUT2D eigenvalue weighted by Gasteiger charge is -2.04. The van der Waals surface area contributed by atoms with E-state index < -0.39 is 5.97 Å². The van der Waals surface area contributed by atoms with E-state index in [1.807, 2.05) is 29.6 Å². The highest BCUT2D eigenvalue weighted by Gasteiger charge is 2.11. The van der Waals surface area contributed by atoms with Crippen molar-refractivity contribution < 1.29 is 9.90 Å². The summed E-state index contributed by atoms with van der Waals surface area (Å²) in [7, 11) is 0. The molecule has 3 nitrogen and oxygen atoms in total. The molecule has 1 heterocycles. The Morgan fingerprint density at radius 3 is 2.82 bits per heavy atom. The van der Waals surface area contributed by atoms with Gasteiger partial charge in [0.25, 0.3) is 0 Å². The van der Waals surface area contributed by atoms with Gasteiger partial charge in [0.2, 0.25) is 0 Å². The van der Waals surface area contributed by atoms with E-state index in [0.29, 0.717) is 11.3 Å². The zero-order chi connectivity index (χ0) is 12.3. The van der Waals surface area contributed by atoms with Crippen molar-refractivity contribution in [3.05, 3.63) is 46.2 Å². The van der Waals surface area contributed by atoms with Crippen LogP contribution in [0.3, 0.4) is 0 Å². The monoisotopic (exact) mass is 265 g/mol. The topological polar surface area (TPSA) is 63.3 Å². The van der Waals surface area contributed by atoms with E-state index in [9.17, 15) is 4.79 Å². The minimum Gasteiger partial charge on any atom is -0.478 e. The van der Waals surface area contributed by atoms with Crippen LogP contribution < -0.4 is 5.73 Å². The highest BCUT2D eigenvalue weighted by atomic mass is 32.2. The third kappa shape index (κ3) is 2.81. The number of rotatable bonds is 4. The lowest BCUT2D eigenvalue weighted by molar-refractivity contribution is 0.0696. The number of para-hydroxylation sites is 1. The van der Waals surface area contributed by atoms with E-state index in [1.165, 1.54) is 11.3 Å². The Morgan fingerprint density at radius 2 is 2.12 bits per heavy atom. The number of nitrogen functional groups attached to an aromatic ring is 1. The summed E-state index contributed by atoms with van der Waals surface area (Å²) in [6.45, 7) is 0. The predicted molar refractivity (Wildman–Crippen MR) is 71.7 cm³/mol. The first-order valence-corrected chi connectivity index (χ1v) is 6.87. The number of hydrogen-bond donors (Lipinski definition) is 2. The fourth-order valence-corrected chi connectivity index (χ4v) is 3.29. The number of hydrogen-bond acceptors (Lipinski definition) is 4. The van der Waals surface area contributed by atoms with Gasteiger partial charge in [0.05, 0.1) is 5.56 Å². The number of carboxylic acids is 1. The summed E-state index contributed by atoms with van der Waals surface area (Å²) in [6.07, 6.45) is 0. The van der Waals surface area contributed by atoms with Gasteiger partial charge >= 0.3 is 5.97 Å². The first kappa shape index (κ1) is 12.0. The molecule has 0 bridgehead atoms. The van der Waals surface area contributed by atoms with Crippen molar-refractivity contribution >= 4 is 34.8 Å². The highest BCUT2D eigenvalue weighted by molar-refractivity contribution is 7.98. The van der Waals surface area contributed by atoms with Gasteiger partial charge in [0.1, 0.15) is 0 Å². The summed E-state index contributed by atoms with van der Waals surface area (Å²) >= 11 is 2.96. The van der Waals surface area contributed by atoms with Gasteiger partial charge in [-0.2, -0.15) is 11.3 Å². The summed E-state index contributed by atoms with van der Waals surface area (Å²) in [5.74, 6) is -0.248. The molecule has 0 aliphatic heterocycles. The molecule has 0 aliphatic carbocycles. The van der Waals surface area contributed by atoms with Crippen LogP contribution in [0.1, 0.15) is 15.9 Å². The van der Waals surface area contributed by atoms with Crippen molar-refractivity contribution in [1.82, 2.24) is 0 Å². The van der Waals surface area contributed by atoms with Crippen molar-refractivity contribution in [1.29, 1.82) is 0 Å². The molecular formula is C12H11NO2S2. The van der Waals surface area contributed by atoms with Crippen LogP contribution in [0.25, 0.3) is 0 Å². The average Bonchev–Trinajstić information content (AvgIpc) is 2.76. The van der Waals surface area contributed by atoms with Crippen molar-refractivity contribution in [2.24, 2.45) is 0 Å². The van der Waals surface area contributed by atoms with Crippen LogP contribution in [-0.2, 0) is 5.75 Å². The van der Waals surface area contributed by atoms with E-state index in [1.54, 1.807) is 17.1 Å². The molecule has 1 aromatic carbocycles. The smallest absolute Gasteiger partial charge is 0.336 e. The Kier molecular flexibility index (Phi) is 3.71. The number of carboxylic acid groups (broad SMARTS) is 1.